The fourth-order valence-electron chi connectivity index (χ4n) is 2.02. The number of nitrogens with one attached hydrogen (secondary N) is 1. The molecule has 2 heterocycles. The van der Waals surface area contributed by atoms with Gasteiger partial charge in [0.2, 0.25) is 0 Å². The molecule has 23 heavy (non-hydrogen) atoms. The van der Waals surface area contributed by atoms with E-state index in [2.05, 4.69) is 10.5 Å². The summed E-state index contributed by atoms with van der Waals surface area (Å²) in [7, 11) is 0. The molecule has 0 spiro atoms. The summed E-state index contributed by atoms with van der Waals surface area (Å²) in [6, 6.07) is 9.74. The molecule has 0 fully saturated rings. The Morgan fingerprint density at radius 2 is 2.22 bits per heavy atom. The molecule has 0 unspecified atom stereocenters. The van der Waals surface area contributed by atoms with Crippen LogP contribution in [0.4, 0.5) is 4.39 Å². The Kier molecular flexibility index (Phi) is 4.50. The number of nitrogens with zero attached hydrogens (tertiary/aromatic N) is 1. The van der Waals surface area contributed by atoms with Gasteiger partial charge in [0, 0.05) is 18.2 Å². The van der Waals surface area contributed by atoms with Crippen LogP contribution in [0.1, 0.15) is 21.6 Å². The lowest BCUT2D eigenvalue weighted by Crippen LogP contribution is -2.23. The van der Waals surface area contributed by atoms with Gasteiger partial charge >= 0.3 is 0 Å². The Labute approximate surface area is 135 Å². The maximum absolute atomic E-state index is 13.6. The van der Waals surface area contributed by atoms with Gasteiger partial charge in [-0.1, -0.05) is 23.4 Å². The van der Waals surface area contributed by atoms with Crippen molar-refractivity contribution in [2.24, 2.45) is 0 Å². The fourth-order valence-corrected chi connectivity index (χ4v) is 2.69. The highest BCUT2D eigenvalue weighted by atomic mass is 32.1. The van der Waals surface area contributed by atoms with Crippen molar-refractivity contribution in [3.8, 4) is 10.6 Å². The molecule has 0 atom stereocenters. The van der Waals surface area contributed by atoms with Crippen LogP contribution in [0.3, 0.4) is 0 Å². The Morgan fingerprint density at radius 1 is 1.35 bits per heavy atom. The molecule has 2 N–H and O–H groups in total. The zero-order valence-corrected chi connectivity index (χ0v) is 12.8. The average Bonchev–Trinajstić information content (AvgIpc) is 3.23. The zero-order valence-electron chi connectivity index (χ0n) is 12.0. The molecule has 118 valence electrons. The molecule has 3 aromatic rings. The summed E-state index contributed by atoms with van der Waals surface area (Å²) in [6.45, 7) is -0.203. The van der Waals surface area contributed by atoms with Crippen molar-refractivity contribution in [3.63, 3.8) is 0 Å². The van der Waals surface area contributed by atoms with Crippen LogP contribution in [0.15, 0.2) is 46.3 Å². The lowest BCUT2D eigenvalue weighted by molar-refractivity contribution is 0.0942. The third kappa shape index (κ3) is 3.46. The normalized spacial score (nSPS) is 10.7. The third-order valence-corrected chi connectivity index (χ3v) is 4.13. The van der Waals surface area contributed by atoms with E-state index in [0.717, 1.165) is 4.88 Å². The van der Waals surface area contributed by atoms with Crippen LogP contribution in [-0.2, 0) is 13.2 Å². The first-order chi connectivity index (χ1) is 11.2. The fraction of sp³-hybridized carbons (Fsp3) is 0.125. The molecular weight excluding hydrogens is 319 g/mol. The number of carbonyl (C=O) groups excluding carboxylic acids is 1. The Morgan fingerprint density at radius 3 is 2.91 bits per heavy atom. The van der Waals surface area contributed by atoms with E-state index < -0.39 is 11.7 Å². The second-order valence-electron chi connectivity index (χ2n) is 4.82. The quantitative estimate of drug-likeness (QED) is 0.753. The van der Waals surface area contributed by atoms with E-state index in [1.54, 1.807) is 12.1 Å². The third-order valence-electron chi connectivity index (χ3n) is 3.25. The number of rotatable bonds is 5. The zero-order chi connectivity index (χ0) is 16.2. The molecule has 7 heteroatoms. The minimum atomic E-state index is -0.499. The van der Waals surface area contributed by atoms with Gasteiger partial charge in [0.25, 0.3) is 5.91 Å². The molecule has 2 aromatic heterocycles. The van der Waals surface area contributed by atoms with E-state index in [1.807, 2.05) is 17.5 Å². The maximum Gasteiger partial charge on any atom is 0.273 e. The molecule has 0 saturated heterocycles. The van der Waals surface area contributed by atoms with Gasteiger partial charge in [-0.2, -0.15) is 0 Å². The van der Waals surface area contributed by atoms with Gasteiger partial charge in [-0.3, -0.25) is 4.79 Å². The van der Waals surface area contributed by atoms with Gasteiger partial charge in [-0.15, -0.1) is 11.3 Å². The highest BCUT2D eigenvalue weighted by molar-refractivity contribution is 7.13. The van der Waals surface area contributed by atoms with Crippen molar-refractivity contribution < 1.29 is 18.8 Å². The summed E-state index contributed by atoms with van der Waals surface area (Å²) in [5.74, 6) is -0.368. The van der Waals surface area contributed by atoms with Crippen LogP contribution in [0, 0.1) is 5.82 Å². The lowest BCUT2D eigenvalue weighted by Gasteiger charge is -2.05. The smallest absolute Gasteiger partial charge is 0.273 e. The maximum atomic E-state index is 13.6. The van der Waals surface area contributed by atoms with Crippen molar-refractivity contribution in [2.45, 2.75) is 13.2 Å². The van der Waals surface area contributed by atoms with Gasteiger partial charge in [-0.05, 0) is 23.1 Å². The predicted molar refractivity (Wildman–Crippen MR) is 83.3 cm³/mol. The number of benzene rings is 1. The second-order valence-corrected chi connectivity index (χ2v) is 5.77. The van der Waals surface area contributed by atoms with Crippen molar-refractivity contribution in [1.82, 2.24) is 10.5 Å². The largest absolute Gasteiger partial charge is 0.392 e. The summed E-state index contributed by atoms with van der Waals surface area (Å²) in [4.78, 5) is 12.9. The summed E-state index contributed by atoms with van der Waals surface area (Å²) in [5, 5.41) is 17.2. The first-order valence-corrected chi connectivity index (χ1v) is 7.72. The number of amides is 1. The molecule has 5 nitrogen and oxygen atoms in total. The number of aromatic nitrogens is 1. The first kappa shape index (κ1) is 15.4. The van der Waals surface area contributed by atoms with Crippen LogP contribution in [0.5, 0.6) is 0 Å². The van der Waals surface area contributed by atoms with E-state index in [-0.39, 0.29) is 24.4 Å². The SMILES string of the molecule is O=C(NCc1ccc(CO)c(F)c1)c1cc(-c2cccs2)on1. The number of hydrogen-bond donors (Lipinski definition) is 2. The number of thiophene rings is 1. The van der Waals surface area contributed by atoms with Crippen LogP contribution in [0.2, 0.25) is 0 Å². The summed E-state index contributed by atoms with van der Waals surface area (Å²) >= 11 is 1.49. The minimum Gasteiger partial charge on any atom is -0.392 e. The van der Waals surface area contributed by atoms with Crippen molar-refractivity contribution in [3.05, 3.63) is 64.4 Å². The summed E-state index contributed by atoms with van der Waals surface area (Å²) in [5.41, 5.74) is 0.980. The van der Waals surface area contributed by atoms with Gasteiger partial charge in [0.1, 0.15) is 5.82 Å². The molecular formula is C16H13FN2O3S. The van der Waals surface area contributed by atoms with E-state index in [1.165, 1.54) is 23.5 Å². The summed E-state index contributed by atoms with van der Waals surface area (Å²) in [6.07, 6.45) is 0. The molecule has 0 radical (unpaired) electrons. The van der Waals surface area contributed by atoms with Crippen LogP contribution >= 0.6 is 11.3 Å². The topological polar surface area (TPSA) is 75.4 Å². The molecule has 0 bridgehead atoms. The molecule has 1 amide bonds. The van der Waals surface area contributed by atoms with Gasteiger partial charge in [-0.25, -0.2) is 4.39 Å². The number of carbonyl (C=O) groups is 1. The molecule has 0 aliphatic carbocycles. The van der Waals surface area contributed by atoms with E-state index in [0.29, 0.717) is 11.3 Å². The monoisotopic (exact) mass is 332 g/mol. The highest BCUT2D eigenvalue weighted by Gasteiger charge is 2.14. The minimum absolute atomic E-state index is 0.155. The van der Waals surface area contributed by atoms with E-state index in [4.69, 9.17) is 9.63 Å². The number of aliphatic hydroxyl groups excluding tert-OH is 1. The number of aliphatic hydroxyl groups is 1. The van der Waals surface area contributed by atoms with E-state index >= 15 is 0 Å². The van der Waals surface area contributed by atoms with Crippen LogP contribution < -0.4 is 5.32 Å². The lowest BCUT2D eigenvalue weighted by atomic mass is 10.1. The Balaban J connectivity index is 1.64. The second kappa shape index (κ2) is 6.72. The standard InChI is InChI=1S/C16H13FN2O3S/c17-12-6-10(3-4-11(12)9-20)8-18-16(21)13-7-14(22-19-13)15-2-1-5-23-15/h1-7,20H,8-9H2,(H,18,21). The molecule has 0 aliphatic rings. The molecule has 1 aromatic carbocycles. The molecule has 0 saturated carbocycles. The van der Waals surface area contributed by atoms with Gasteiger partial charge in [0.05, 0.1) is 11.5 Å². The van der Waals surface area contributed by atoms with Crippen molar-refractivity contribution in [2.75, 3.05) is 0 Å². The first-order valence-electron chi connectivity index (χ1n) is 6.84. The van der Waals surface area contributed by atoms with Crippen molar-refractivity contribution >= 4 is 17.2 Å². The molecule has 3 rings (SSSR count). The Hall–Kier alpha value is -2.51. The van der Waals surface area contributed by atoms with Crippen LogP contribution in [0.25, 0.3) is 10.6 Å². The Bertz CT molecular complexity index is 815. The van der Waals surface area contributed by atoms with E-state index in [9.17, 15) is 9.18 Å². The average molecular weight is 332 g/mol. The van der Waals surface area contributed by atoms with Gasteiger partial charge < -0.3 is 14.9 Å². The number of hydrogen-bond acceptors (Lipinski definition) is 5. The van der Waals surface area contributed by atoms with Crippen LogP contribution in [-0.4, -0.2) is 16.2 Å². The summed E-state index contributed by atoms with van der Waals surface area (Å²) < 4.78 is 18.7. The van der Waals surface area contributed by atoms with Crippen molar-refractivity contribution in [1.29, 1.82) is 0 Å². The van der Waals surface area contributed by atoms with Gasteiger partial charge in [0.15, 0.2) is 11.5 Å². The highest BCUT2D eigenvalue weighted by Crippen LogP contribution is 2.25. The molecule has 0 aliphatic heterocycles. The number of halogens is 1. The predicted octanol–water partition coefficient (Wildman–Crippen LogP) is 2.96.